The molecule has 0 spiro atoms. The van der Waals surface area contributed by atoms with Gasteiger partial charge in [-0.25, -0.2) is 4.98 Å². The molecule has 0 saturated heterocycles. The minimum absolute atomic E-state index is 0.0221. The van der Waals surface area contributed by atoms with Crippen molar-refractivity contribution in [1.82, 2.24) is 10.3 Å². The van der Waals surface area contributed by atoms with Gasteiger partial charge in [0.1, 0.15) is 11.9 Å². The smallest absolute Gasteiger partial charge is 0.417 e. The number of aromatic hydroxyl groups is 1. The molecule has 0 bridgehead atoms. The summed E-state index contributed by atoms with van der Waals surface area (Å²) >= 11 is 0. The van der Waals surface area contributed by atoms with Crippen molar-refractivity contribution in [2.45, 2.75) is 37.5 Å². The predicted molar refractivity (Wildman–Crippen MR) is 133 cm³/mol. The third kappa shape index (κ3) is 6.99. The largest absolute Gasteiger partial charge is 0.508 e. The minimum Gasteiger partial charge on any atom is -0.508 e. The molecule has 198 valence electrons. The molecule has 0 aliphatic heterocycles. The first kappa shape index (κ1) is 26.9. The van der Waals surface area contributed by atoms with Gasteiger partial charge in [-0.3, -0.25) is 4.79 Å². The quantitative estimate of drug-likeness (QED) is 0.328. The van der Waals surface area contributed by atoms with E-state index in [9.17, 15) is 33.3 Å². The van der Waals surface area contributed by atoms with Crippen LogP contribution in [0.3, 0.4) is 0 Å². The predicted octanol–water partition coefficient (Wildman–Crippen LogP) is 4.14. The van der Waals surface area contributed by atoms with Crippen molar-refractivity contribution < 1.29 is 38.0 Å². The number of alkyl halides is 3. The zero-order valence-corrected chi connectivity index (χ0v) is 20.0. The van der Waals surface area contributed by atoms with E-state index < -0.39 is 36.1 Å². The molecule has 1 heterocycles. The molecule has 10 heteroatoms. The first-order valence-corrected chi connectivity index (χ1v) is 11.7. The maximum absolute atomic E-state index is 12.7. The molecule has 1 aliphatic carbocycles. The normalized spacial score (nSPS) is 16.2. The van der Waals surface area contributed by atoms with E-state index >= 15 is 0 Å². The van der Waals surface area contributed by atoms with E-state index in [2.05, 4.69) is 10.3 Å². The lowest BCUT2D eigenvalue weighted by atomic mass is 9.99. The Hall–Kier alpha value is -4.15. The Kier molecular flexibility index (Phi) is 8.13. The van der Waals surface area contributed by atoms with Crippen LogP contribution in [-0.2, 0) is 17.4 Å². The highest BCUT2D eigenvalue weighted by molar-refractivity contribution is 5.96. The fourth-order valence-corrected chi connectivity index (χ4v) is 3.85. The highest BCUT2D eigenvalue weighted by atomic mass is 19.4. The highest BCUT2D eigenvalue weighted by Crippen LogP contribution is 2.29. The number of phenols is 1. The SMILES string of the molecule is O=C(N[C@@H](Cc1ccc(-c2ccc(O)cc2)cc1)C(O)O)C1=CC[C@H](Oc2ccc(C(F)(F)F)cn2)C=C1. The molecule has 1 amide bonds. The van der Waals surface area contributed by atoms with Gasteiger partial charge in [-0.2, -0.15) is 13.2 Å². The second-order valence-electron chi connectivity index (χ2n) is 8.73. The fraction of sp³-hybridized carbons (Fsp3) is 0.214. The van der Waals surface area contributed by atoms with Crippen LogP contribution in [0, 0.1) is 0 Å². The van der Waals surface area contributed by atoms with E-state index in [1.54, 1.807) is 36.4 Å². The molecule has 0 fully saturated rings. The number of benzene rings is 2. The van der Waals surface area contributed by atoms with Gasteiger partial charge >= 0.3 is 6.18 Å². The summed E-state index contributed by atoms with van der Waals surface area (Å²) in [6.45, 7) is 0. The Morgan fingerprint density at radius 2 is 1.68 bits per heavy atom. The van der Waals surface area contributed by atoms with Crippen molar-refractivity contribution in [3.63, 3.8) is 0 Å². The number of pyridine rings is 1. The van der Waals surface area contributed by atoms with Gasteiger partial charge in [0.2, 0.25) is 5.88 Å². The summed E-state index contributed by atoms with van der Waals surface area (Å²) in [4.78, 5) is 16.4. The molecule has 2 atom stereocenters. The summed E-state index contributed by atoms with van der Waals surface area (Å²) in [6.07, 6.45) is -1.00. The van der Waals surface area contributed by atoms with Gasteiger partial charge in [0.05, 0.1) is 11.6 Å². The topological polar surface area (TPSA) is 112 Å². The molecule has 0 saturated carbocycles. The van der Waals surface area contributed by atoms with Crippen molar-refractivity contribution >= 4 is 5.91 Å². The molecular formula is C28H25F3N2O5. The van der Waals surface area contributed by atoms with Gasteiger partial charge in [-0.1, -0.05) is 48.6 Å². The third-order valence-electron chi connectivity index (χ3n) is 5.95. The zero-order chi connectivity index (χ0) is 27.3. The van der Waals surface area contributed by atoms with Crippen molar-refractivity contribution in [3.05, 3.63) is 102 Å². The van der Waals surface area contributed by atoms with Crippen molar-refractivity contribution in [2.24, 2.45) is 0 Å². The van der Waals surface area contributed by atoms with Crippen molar-refractivity contribution in [2.75, 3.05) is 0 Å². The van der Waals surface area contributed by atoms with Gasteiger partial charge in [-0.15, -0.1) is 0 Å². The van der Waals surface area contributed by atoms with Crippen molar-refractivity contribution in [1.29, 1.82) is 0 Å². The summed E-state index contributed by atoms with van der Waals surface area (Å²) < 4.78 is 43.6. The number of aromatic nitrogens is 1. The number of carbonyl (C=O) groups excluding carboxylic acids is 1. The molecule has 2 aromatic carbocycles. The van der Waals surface area contributed by atoms with E-state index in [-0.39, 0.29) is 24.5 Å². The van der Waals surface area contributed by atoms with E-state index in [1.165, 1.54) is 6.08 Å². The second-order valence-corrected chi connectivity index (χ2v) is 8.73. The average Bonchev–Trinajstić information content (AvgIpc) is 2.89. The van der Waals surface area contributed by atoms with Crippen LogP contribution < -0.4 is 10.1 Å². The van der Waals surface area contributed by atoms with Gasteiger partial charge in [0, 0.05) is 24.3 Å². The monoisotopic (exact) mass is 526 g/mol. The number of nitrogens with zero attached hydrogens (tertiary/aromatic N) is 1. The van der Waals surface area contributed by atoms with Crippen LogP contribution in [-0.4, -0.2) is 44.6 Å². The van der Waals surface area contributed by atoms with Gasteiger partial charge in [-0.05, 0) is 47.4 Å². The lowest BCUT2D eigenvalue weighted by Crippen LogP contribution is -2.45. The molecule has 4 N–H and O–H groups in total. The molecule has 0 radical (unpaired) electrons. The summed E-state index contributed by atoms with van der Waals surface area (Å²) in [5.74, 6) is -0.317. The molecule has 1 aromatic heterocycles. The fourth-order valence-electron chi connectivity index (χ4n) is 3.85. The highest BCUT2D eigenvalue weighted by Gasteiger charge is 2.31. The minimum atomic E-state index is -4.49. The van der Waals surface area contributed by atoms with Crippen LogP contribution in [0.25, 0.3) is 11.1 Å². The number of carbonyl (C=O) groups is 1. The number of nitrogens with one attached hydrogen (secondary N) is 1. The number of phenolic OH excluding ortho intramolecular Hbond substituents is 1. The molecule has 3 aromatic rings. The van der Waals surface area contributed by atoms with Gasteiger partial charge in [0.15, 0.2) is 6.29 Å². The standard InChI is InChI=1S/C28H25F3N2O5/c29-28(30,31)21-9-14-25(32-16-21)38-23-12-7-20(8-13-23)26(35)33-24(27(36)37)15-17-1-3-18(4-2-17)19-5-10-22(34)11-6-19/h1-12,14,16,23-24,27,34,36-37H,13,15H2,(H,33,35)/t23-,24+/m1/s1. The van der Waals surface area contributed by atoms with Crippen LogP contribution >= 0.6 is 0 Å². The Morgan fingerprint density at radius 1 is 1.03 bits per heavy atom. The lowest BCUT2D eigenvalue weighted by Gasteiger charge is -2.22. The molecule has 7 nitrogen and oxygen atoms in total. The van der Waals surface area contributed by atoms with E-state index in [0.29, 0.717) is 11.8 Å². The maximum Gasteiger partial charge on any atom is 0.417 e. The van der Waals surface area contributed by atoms with Crippen LogP contribution in [0.4, 0.5) is 13.2 Å². The Balaban J connectivity index is 1.32. The van der Waals surface area contributed by atoms with E-state index in [0.717, 1.165) is 28.8 Å². The lowest BCUT2D eigenvalue weighted by molar-refractivity contribution is -0.137. The number of hydrogen-bond donors (Lipinski definition) is 4. The van der Waals surface area contributed by atoms with Crippen LogP contribution in [0.1, 0.15) is 17.5 Å². The number of rotatable bonds is 8. The molecule has 38 heavy (non-hydrogen) atoms. The van der Waals surface area contributed by atoms with Crippen LogP contribution in [0.5, 0.6) is 11.6 Å². The summed E-state index contributed by atoms with van der Waals surface area (Å²) in [6, 6.07) is 15.2. The summed E-state index contributed by atoms with van der Waals surface area (Å²) in [5.41, 5.74) is 2.01. The average molecular weight is 527 g/mol. The molecule has 0 unspecified atom stereocenters. The summed E-state index contributed by atoms with van der Waals surface area (Å²) in [5, 5.41) is 31.7. The number of halogens is 3. The zero-order valence-electron chi connectivity index (χ0n) is 20.0. The molecular weight excluding hydrogens is 501 g/mol. The number of aliphatic hydroxyl groups excluding tert-OH is 1. The molecule has 4 rings (SSSR count). The first-order valence-electron chi connectivity index (χ1n) is 11.7. The number of ether oxygens (including phenoxy) is 1. The van der Waals surface area contributed by atoms with Crippen molar-refractivity contribution in [3.8, 4) is 22.8 Å². The van der Waals surface area contributed by atoms with Crippen LogP contribution in [0.2, 0.25) is 0 Å². The third-order valence-corrected chi connectivity index (χ3v) is 5.95. The van der Waals surface area contributed by atoms with Crippen LogP contribution in [0.15, 0.2) is 90.7 Å². The Labute approximate surface area is 216 Å². The van der Waals surface area contributed by atoms with Gasteiger partial charge in [0.25, 0.3) is 5.91 Å². The van der Waals surface area contributed by atoms with Gasteiger partial charge < -0.3 is 25.4 Å². The number of amides is 1. The van der Waals surface area contributed by atoms with E-state index in [4.69, 9.17) is 4.74 Å². The Bertz CT molecular complexity index is 1300. The van der Waals surface area contributed by atoms with E-state index in [1.807, 2.05) is 24.3 Å². The summed E-state index contributed by atoms with van der Waals surface area (Å²) in [7, 11) is 0. The number of aliphatic hydroxyl groups is 2. The Morgan fingerprint density at radius 3 is 2.21 bits per heavy atom. The second kappa shape index (κ2) is 11.5. The molecule has 1 aliphatic rings. The maximum atomic E-state index is 12.7. The first-order chi connectivity index (χ1) is 18.1. The number of hydrogen-bond acceptors (Lipinski definition) is 6.